The van der Waals surface area contributed by atoms with Crippen molar-refractivity contribution in [3.8, 4) is 0 Å². The first-order valence-corrected chi connectivity index (χ1v) is 6.71. The Kier molecular flexibility index (Phi) is 2.26. The smallest absolute Gasteiger partial charge is 0.116 e. The van der Waals surface area contributed by atoms with Crippen molar-refractivity contribution in [2.75, 3.05) is 0 Å². The van der Waals surface area contributed by atoms with Gasteiger partial charge in [0.15, 0.2) is 0 Å². The van der Waals surface area contributed by atoms with Gasteiger partial charge in [0.25, 0.3) is 0 Å². The topological polar surface area (TPSA) is 38.7 Å². The van der Waals surface area contributed by atoms with Crippen LogP contribution >= 0.6 is 15.9 Å². The van der Waals surface area contributed by atoms with Crippen molar-refractivity contribution >= 4 is 48.9 Å². The number of benzene rings is 2. The first-order valence-electron chi connectivity index (χ1n) is 5.92. The fourth-order valence-electron chi connectivity index (χ4n) is 2.25. The van der Waals surface area contributed by atoms with Crippen LogP contribution in [0.3, 0.4) is 0 Å². The second-order valence-corrected chi connectivity index (χ2v) is 5.28. The maximum Gasteiger partial charge on any atom is 0.116 e. The van der Waals surface area contributed by atoms with E-state index in [9.17, 15) is 0 Å². The summed E-state index contributed by atoms with van der Waals surface area (Å²) in [5.41, 5.74) is 4.39. The third kappa shape index (κ3) is 1.68. The Bertz CT molecular complexity index is 934. The second-order valence-electron chi connectivity index (χ2n) is 4.37. The largest absolute Gasteiger partial charge is 0.254 e. The van der Waals surface area contributed by atoms with Crippen LogP contribution in [-0.2, 0) is 0 Å². The van der Waals surface area contributed by atoms with E-state index < -0.39 is 0 Å². The predicted octanol–water partition coefficient (Wildman–Crippen LogP) is 4.09. The fraction of sp³-hybridized carbons (Fsp3) is 0. The SMILES string of the molecule is Brc1ccc2nc3ccc4cccnc4c3nc2c1. The van der Waals surface area contributed by atoms with Crippen molar-refractivity contribution in [2.24, 2.45) is 0 Å². The second kappa shape index (κ2) is 3.96. The lowest BCUT2D eigenvalue weighted by molar-refractivity contribution is 1.36. The lowest BCUT2D eigenvalue weighted by Gasteiger charge is -2.04. The van der Waals surface area contributed by atoms with Crippen molar-refractivity contribution in [3.63, 3.8) is 0 Å². The molecule has 90 valence electrons. The molecule has 0 amide bonds. The molecular formula is C15H8BrN3. The molecule has 0 unspecified atom stereocenters. The van der Waals surface area contributed by atoms with Crippen LogP contribution in [0.4, 0.5) is 0 Å². The number of hydrogen-bond acceptors (Lipinski definition) is 3. The van der Waals surface area contributed by atoms with E-state index in [1.165, 1.54) is 0 Å². The van der Waals surface area contributed by atoms with Gasteiger partial charge in [0.2, 0.25) is 0 Å². The molecule has 0 aliphatic heterocycles. The molecule has 0 atom stereocenters. The summed E-state index contributed by atoms with van der Waals surface area (Å²) in [5, 5.41) is 1.08. The lowest BCUT2D eigenvalue weighted by Crippen LogP contribution is -1.90. The summed E-state index contributed by atoms with van der Waals surface area (Å²) in [7, 11) is 0. The van der Waals surface area contributed by atoms with Crippen LogP contribution in [0, 0.1) is 0 Å². The fourth-order valence-corrected chi connectivity index (χ4v) is 2.60. The molecule has 3 nitrogen and oxygen atoms in total. The summed E-state index contributed by atoms with van der Waals surface area (Å²) in [6, 6.07) is 13.9. The minimum absolute atomic E-state index is 0.851. The average Bonchev–Trinajstić information content (AvgIpc) is 2.45. The zero-order chi connectivity index (χ0) is 12.8. The molecule has 0 N–H and O–H groups in total. The van der Waals surface area contributed by atoms with Crippen molar-refractivity contribution in [1.29, 1.82) is 0 Å². The Morgan fingerprint density at radius 3 is 2.63 bits per heavy atom. The van der Waals surface area contributed by atoms with Gasteiger partial charge in [-0.05, 0) is 30.3 Å². The molecular weight excluding hydrogens is 302 g/mol. The number of fused-ring (bicyclic) bond motifs is 4. The summed E-state index contributed by atoms with van der Waals surface area (Å²) >= 11 is 3.46. The molecule has 0 saturated carbocycles. The van der Waals surface area contributed by atoms with E-state index in [1.807, 2.05) is 42.5 Å². The molecule has 0 saturated heterocycles. The summed E-state index contributed by atoms with van der Waals surface area (Å²) in [6.07, 6.45) is 1.79. The number of pyridine rings is 1. The van der Waals surface area contributed by atoms with Gasteiger partial charge in [-0.25, -0.2) is 9.97 Å². The maximum atomic E-state index is 4.71. The van der Waals surface area contributed by atoms with E-state index in [4.69, 9.17) is 4.98 Å². The highest BCUT2D eigenvalue weighted by atomic mass is 79.9. The number of aromatic nitrogens is 3. The van der Waals surface area contributed by atoms with E-state index in [0.29, 0.717) is 0 Å². The molecule has 2 heterocycles. The van der Waals surface area contributed by atoms with Crippen LogP contribution in [0.2, 0.25) is 0 Å². The zero-order valence-electron chi connectivity index (χ0n) is 9.84. The molecule has 4 aromatic rings. The highest BCUT2D eigenvalue weighted by Gasteiger charge is 2.06. The van der Waals surface area contributed by atoms with Crippen LogP contribution < -0.4 is 0 Å². The Morgan fingerprint density at radius 2 is 1.68 bits per heavy atom. The predicted molar refractivity (Wildman–Crippen MR) is 80.0 cm³/mol. The van der Waals surface area contributed by atoms with Gasteiger partial charge in [-0.3, -0.25) is 4.98 Å². The minimum Gasteiger partial charge on any atom is -0.254 e. The van der Waals surface area contributed by atoms with Gasteiger partial charge in [0, 0.05) is 16.1 Å². The quantitative estimate of drug-likeness (QED) is 0.363. The third-order valence-corrected chi connectivity index (χ3v) is 3.63. The van der Waals surface area contributed by atoms with Gasteiger partial charge < -0.3 is 0 Å². The van der Waals surface area contributed by atoms with Crippen molar-refractivity contribution in [3.05, 3.63) is 53.1 Å². The van der Waals surface area contributed by atoms with Gasteiger partial charge >= 0.3 is 0 Å². The van der Waals surface area contributed by atoms with Crippen LogP contribution in [0.1, 0.15) is 0 Å². The van der Waals surface area contributed by atoms with E-state index >= 15 is 0 Å². The molecule has 0 bridgehead atoms. The van der Waals surface area contributed by atoms with Crippen molar-refractivity contribution in [2.45, 2.75) is 0 Å². The number of nitrogens with zero attached hydrogens (tertiary/aromatic N) is 3. The minimum atomic E-state index is 0.851. The van der Waals surface area contributed by atoms with Gasteiger partial charge in [0.1, 0.15) is 5.52 Å². The monoisotopic (exact) mass is 309 g/mol. The average molecular weight is 310 g/mol. The summed E-state index contributed by atoms with van der Waals surface area (Å²) in [5.74, 6) is 0. The molecule has 0 aliphatic carbocycles. The molecule has 2 aromatic heterocycles. The molecule has 0 radical (unpaired) electrons. The maximum absolute atomic E-state index is 4.71. The first kappa shape index (κ1) is 10.8. The third-order valence-electron chi connectivity index (χ3n) is 3.14. The van der Waals surface area contributed by atoms with Crippen LogP contribution in [-0.4, -0.2) is 15.0 Å². The van der Waals surface area contributed by atoms with E-state index in [0.717, 1.165) is 37.4 Å². The molecule has 19 heavy (non-hydrogen) atoms. The molecule has 4 rings (SSSR count). The van der Waals surface area contributed by atoms with Gasteiger partial charge in [0.05, 0.1) is 22.1 Å². The Balaban J connectivity index is 2.23. The number of rotatable bonds is 0. The molecule has 4 heteroatoms. The van der Waals surface area contributed by atoms with Crippen molar-refractivity contribution in [1.82, 2.24) is 15.0 Å². The Labute approximate surface area is 117 Å². The molecule has 0 aliphatic rings. The molecule has 2 aromatic carbocycles. The summed E-state index contributed by atoms with van der Waals surface area (Å²) in [4.78, 5) is 13.8. The highest BCUT2D eigenvalue weighted by molar-refractivity contribution is 9.10. The molecule has 0 fully saturated rings. The highest BCUT2D eigenvalue weighted by Crippen LogP contribution is 2.24. The molecule has 0 spiro atoms. The lowest BCUT2D eigenvalue weighted by atomic mass is 10.1. The van der Waals surface area contributed by atoms with Crippen LogP contribution in [0.15, 0.2) is 53.1 Å². The first-order chi connectivity index (χ1) is 9.31. The van der Waals surface area contributed by atoms with Gasteiger partial charge in [-0.2, -0.15) is 0 Å². The normalized spacial score (nSPS) is 11.4. The summed E-state index contributed by atoms with van der Waals surface area (Å²) < 4.78 is 1.00. The summed E-state index contributed by atoms with van der Waals surface area (Å²) in [6.45, 7) is 0. The van der Waals surface area contributed by atoms with Crippen LogP contribution in [0.25, 0.3) is 33.0 Å². The van der Waals surface area contributed by atoms with Gasteiger partial charge in [-0.1, -0.05) is 28.1 Å². The number of halogens is 1. The van der Waals surface area contributed by atoms with Crippen molar-refractivity contribution < 1.29 is 0 Å². The van der Waals surface area contributed by atoms with E-state index in [1.54, 1.807) is 6.20 Å². The standard InChI is InChI=1S/C15H8BrN3/c16-10-4-6-11-13(8-10)19-15-12(18-11)5-3-9-2-1-7-17-14(9)15/h1-8H. The van der Waals surface area contributed by atoms with Gasteiger partial charge in [-0.15, -0.1) is 0 Å². The van der Waals surface area contributed by atoms with Crippen LogP contribution in [0.5, 0.6) is 0 Å². The zero-order valence-corrected chi connectivity index (χ0v) is 11.4. The number of hydrogen-bond donors (Lipinski definition) is 0. The van der Waals surface area contributed by atoms with E-state index in [-0.39, 0.29) is 0 Å². The Hall–Kier alpha value is -2.07. The Morgan fingerprint density at radius 1 is 0.789 bits per heavy atom. The van der Waals surface area contributed by atoms with E-state index in [2.05, 4.69) is 25.9 Å².